The summed E-state index contributed by atoms with van der Waals surface area (Å²) in [7, 11) is 0. The van der Waals surface area contributed by atoms with E-state index in [4.69, 9.17) is 17.1 Å². The molecular weight excluding hydrogens is 458 g/mol. The first kappa shape index (κ1) is 25.1. The van der Waals surface area contributed by atoms with Gasteiger partial charge in [-0.2, -0.15) is 0 Å². The minimum absolute atomic E-state index is 0.207. The lowest BCUT2D eigenvalue weighted by Gasteiger charge is -2.58. The summed E-state index contributed by atoms with van der Waals surface area (Å²) in [5.41, 5.74) is 2.79. The molecule has 6 nitrogen and oxygen atoms in total. The zero-order valence-electron chi connectivity index (χ0n) is 21.5. The highest BCUT2D eigenvalue weighted by Gasteiger charge is 2.59. The van der Waals surface area contributed by atoms with Crippen LogP contribution >= 0.6 is 12.2 Å². The van der Waals surface area contributed by atoms with Gasteiger partial charge in [0.25, 0.3) is 0 Å². The molecule has 3 saturated carbocycles. The van der Waals surface area contributed by atoms with Gasteiger partial charge in [0.15, 0.2) is 5.78 Å². The quantitative estimate of drug-likeness (QED) is 0.230. The van der Waals surface area contributed by atoms with Gasteiger partial charge in [-0.15, -0.1) is 0 Å². The Morgan fingerprint density at radius 3 is 2.77 bits per heavy atom. The van der Waals surface area contributed by atoms with Crippen LogP contribution in [0, 0.1) is 34.5 Å². The normalized spacial score (nSPS) is 41.1. The lowest BCUT2D eigenvalue weighted by atomic mass is 9.46. The number of hydrogen-bond donors (Lipinski definition) is 2. The van der Waals surface area contributed by atoms with E-state index in [9.17, 15) is 9.59 Å². The minimum Gasteiger partial charge on any atom is -0.320 e. The summed E-state index contributed by atoms with van der Waals surface area (Å²) in [6.07, 6.45) is 12.0. The van der Waals surface area contributed by atoms with Crippen molar-refractivity contribution in [2.24, 2.45) is 39.7 Å². The number of ketones is 1. The molecule has 0 bridgehead atoms. The second-order valence-electron chi connectivity index (χ2n) is 12.2. The summed E-state index contributed by atoms with van der Waals surface area (Å²) in [6, 6.07) is 0.212. The van der Waals surface area contributed by atoms with Gasteiger partial charge >= 0.3 is 6.09 Å². The third-order valence-electron chi connectivity index (χ3n) is 10.6. The predicted molar refractivity (Wildman–Crippen MR) is 141 cm³/mol. The fourth-order valence-corrected chi connectivity index (χ4v) is 9.00. The van der Waals surface area contributed by atoms with Gasteiger partial charge in [-0.3, -0.25) is 9.63 Å². The summed E-state index contributed by atoms with van der Waals surface area (Å²) < 4.78 is 0. The van der Waals surface area contributed by atoms with Gasteiger partial charge in [0, 0.05) is 36.3 Å². The van der Waals surface area contributed by atoms with Crippen molar-refractivity contribution >= 4 is 34.7 Å². The Kier molecular flexibility index (Phi) is 6.94. The summed E-state index contributed by atoms with van der Waals surface area (Å²) >= 11 is 5.35. The number of thiocarbonyl (C=S) groups is 1. The van der Waals surface area contributed by atoms with E-state index in [0.29, 0.717) is 36.5 Å². The molecule has 0 aromatic carbocycles. The summed E-state index contributed by atoms with van der Waals surface area (Å²) in [6.45, 7) is 8.39. The second kappa shape index (κ2) is 9.70. The molecule has 1 aliphatic heterocycles. The molecule has 192 valence electrons. The number of amides is 1. The van der Waals surface area contributed by atoms with Crippen LogP contribution in [0.1, 0.15) is 85.0 Å². The predicted octanol–water partition coefficient (Wildman–Crippen LogP) is 5.36. The van der Waals surface area contributed by atoms with Crippen LogP contribution in [-0.4, -0.2) is 41.6 Å². The van der Waals surface area contributed by atoms with Crippen molar-refractivity contribution in [3.8, 4) is 0 Å². The number of carbonyl (C=O) groups excluding carboxylic acids is 2. The van der Waals surface area contributed by atoms with Gasteiger partial charge < -0.3 is 10.6 Å². The van der Waals surface area contributed by atoms with E-state index in [0.717, 1.165) is 55.1 Å². The van der Waals surface area contributed by atoms with E-state index < -0.39 is 6.09 Å². The van der Waals surface area contributed by atoms with E-state index in [2.05, 4.69) is 29.6 Å². The SMILES string of the molecule is C/C(=N\OC(=O)NCCC1NCCC1=S)[C@H]1CC[C@H]2[C@@H]3CCC4=CC(=O)CC[C@]4(C)[C@H]3CC[C@]12C. The Morgan fingerprint density at radius 1 is 1.17 bits per heavy atom. The number of oxime groups is 1. The molecule has 1 heterocycles. The smallest absolute Gasteiger partial charge is 0.320 e. The molecule has 7 heteroatoms. The van der Waals surface area contributed by atoms with Crippen molar-refractivity contribution in [2.45, 2.75) is 91.0 Å². The molecule has 1 saturated heterocycles. The average molecular weight is 500 g/mol. The van der Waals surface area contributed by atoms with Crippen LogP contribution < -0.4 is 10.6 Å². The van der Waals surface area contributed by atoms with Crippen LogP contribution in [0.15, 0.2) is 16.8 Å². The number of fused-ring (bicyclic) bond motifs is 5. The molecule has 0 radical (unpaired) electrons. The molecule has 5 aliphatic rings. The summed E-state index contributed by atoms with van der Waals surface area (Å²) in [5, 5.41) is 10.5. The number of hydrogen-bond acceptors (Lipinski definition) is 6. The second-order valence-corrected chi connectivity index (χ2v) is 12.7. The van der Waals surface area contributed by atoms with Crippen molar-refractivity contribution in [1.29, 1.82) is 0 Å². The minimum atomic E-state index is -0.483. The van der Waals surface area contributed by atoms with Gasteiger partial charge in [-0.1, -0.05) is 36.8 Å². The molecule has 7 atom stereocenters. The third-order valence-corrected chi connectivity index (χ3v) is 11.1. The Morgan fingerprint density at radius 2 is 2.00 bits per heavy atom. The van der Waals surface area contributed by atoms with Crippen LogP contribution in [0.25, 0.3) is 0 Å². The van der Waals surface area contributed by atoms with Crippen molar-refractivity contribution in [2.75, 3.05) is 13.1 Å². The first-order valence-corrected chi connectivity index (χ1v) is 14.1. The molecule has 0 aromatic heterocycles. The van der Waals surface area contributed by atoms with E-state index in [1.54, 1.807) is 0 Å². The Balaban J connectivity index is 1.19. The Bertz CT molecular complexity index is 961. The van der Waals surface area contributed by atoms with Crippen molar-refractivity contribution in [1.82, 2.24) is 10.6 Å². The number of carbonyl (C=O) groups is 2. The number of allylic oxidation sites excluding steroid dienone is 1. The largest absolute Gasteiger partial charge is 0.433 e. The lowest BCUT2D eigenvalue weighted by Crippen LogP contribution is -2.51. The van der Waals surface area contributed by atoms with Crippen LogP contribution in [0.3, 0.4) is 0 Å². The summed E-state index contributed by atoms with van der Waals surface area (Å²) in [4.78, 5) is 30.6. The van der Waals surface area contributed by atoms with E-state index in [1.807, 2.05) is 13.0 Å². The van der Waals surface area contributed by atoms with Gasteiger partial charge in [0.2, 0.25) is 0 Å². The van der Waals surface area contributed by atoms with E-state index in [-0.39, 0.29) is 16.9 Å². The number of nitrogens with zero attached hydrogens (tertiary/aromatic N) is 1. The lowest BCUT2D eigenvalue weighted by molar-refractivity contribution is -0.117. The monoisotopic (exact) mass is 499 g/mol. The van der Waals surface area contributed by atoms with Gasteiger partial charge in [0.1, 0.15) is 0 Å². The molecule has 5 rings (SSSR count). The van der Waals surface area contributed by atoms with Crippen molar-refractivity contribution < 1.29 is 14.4 Å². The number of rotatable bonds is 5. The maximum absolute atomic E-state index is 12.2. The van der Waals surface area contributed by atoms with Crippen LogP contribution in [0.4, 0.5) is 4.79 Å². The van der Waals surface area contributed by atoms with Crippen LogP contribution in [0.5, 0.6) is 0 Å². The maximum atomic E-state index is 12.2. The summed E-state index contributed by atoms with van der Waals surface area (Å²) in [5.74, 6) is 2.78. The molecule has 1 amide bonds. The first-order valence-electron chi connectivity index (χ1n) is 13.7. The highest BCUT2D eigenvalue weighted by Crippen LogP contribution is 2.66. The average Bonchev–Trinajstić information content (AvgIpc) is 3.40. The Hall–Kier alpha value is -1.60. The zero-order chi connectivity index (χ0) is 24.8. The van der Waals surface area contributed by atoms with Gasteiger partial charge in [0.05, 0.1) is 5.71 Å². The molecule has 2 N–H and O–H groups in total. The molecule has 1 unspecified atom stereocenters. The van der Waals surface area contributed by atoms with Gasteiger partial charge in [-0.05, 0) is 99.4 Å². The molecule has 35 heavy (non-hydrogen) atoms. The fraction of sp³-hybridized carbons (Fsp3) is 0.786. The van der Waals surface area contributed by atoms with Crippen LogP contribution in [0.2, 0.25) is 0 Å². The maximum Gasteiger partial charge on any atom is 0.433 e. The number of nitrogens with one attached hydrogen (secondary N) is 2. The van der Waals surface area contributed by atoms with E-state index >= 15 is 0 Å². The van der Waals surface area contributed by atoms with Crippen molar-refractivity contribution in [3.05, 3.63) is 11.6 Å². The topological polar surface area (TPSA) is 79.8 Å². The molecule has 0 aromatic rings. The van der Waals surface area contributed by atoms with Gasteiger partial charge in [-0.25, -0.2) is 4.79 Å². The molecule has 4 fully saturated rings. The van der Waals surface area contributed by atoms with Crippen molar-refractivity contribution in [3.63, 3.8) is 0 Å². The highest BCUT2D eigenvalue weighted by atomic mass is 32.1. The molecular formula is C28H41N3O3S. The molecule has 4 aliphatic carbocycles. The van der Waals surface area contributed by atoms with E-state index in [1.165, 1.54) is 31.3 Å². The molecule has 0 spiro atoms. The first-order chi connectivity index (χ1) is 16.7. The third kappa shape index (κ3) is 4.52. The standard InChI is InChI=1S/C28H41N3O3S/c1-17(31-34-26(33)30-14-10-24-25(35)11-15-29-24)21-6-7-22-20-5-4-18-16-19(32)8-12-27(18,2)23(20)9-13-28(21,22)3/h16,20-24,29H,4-15H2,1-3H3,(H,30,33)/b31-17+/t20-,21+,22-,23-,24?,27-,28+/m0/s1. The Labute approximate surface area is 215 Å². The fourth-order valence-electron chi connectivity index (χ4n) is 8.69. The van der Waals surface area contributed by atoms with Crippen LogP contribution in [-0.2, 0) is 9.63 Å². The zero-order valence-corrected chi connectivity index (χ0v) is 22.3. The highest BCUT2D eigenvalue weighted by molar-refractivity contribution is 7.80.